The molecule has 6 heterocycles. The van der Waals surface area contributed by atoms with Crippen molar-refractivity contribution in [2.24, 2.45) is 17.1 Å². The third-order valence-electron chi connectivity index (χ3n) is 12.7. The number of hydrogen-bond acceptors (Lipinski definition) is 13. The van der Waals surface area contributed by atoms with Crippen LogP contribution in [0.3, 0.4) is 0 Å². The molecule has 2 aromatic carbocycles. The molecule has 0 radical (unpaired) electrons. The number of hydrogen-bond donors (Lipinski definition) is 2. The zero-order chi connectivity index (χ0) is 43.0. The van der Waals surface area contributed by atoms with Crippen LogP contribution < -0.4 is 20.9 Å². The first-order chi connectivity index (χ1) is 29.2. The van der Waals surface area contributed by atoms with Gasteiger partial charge in [0.05, 0.1) is 16.5 Å². The van der Waals surface area contributed by atoms with E-state index in [1.807, 2.05) is 18.2 Å². The Bertz CT molecular complexity index is 2210. The van der Waals surface area contributed by atoms with E-state index in [0.29, 0.717) is 23.6 Å². The van der Waals surface area contributed by atoms with Gasteiger partial charge in [-0.1, -0.05) is 12.1 Å². The second-order valence-electron chi connectivity index (χ2n) is 18.0. The smallest absolute Gasteiger partial charge is 0.312 e. The second-order valence-corrected chi connectivity index (χ2v) is 18.0. The highest BCUT2D eigenvalue weighted by Crippen LogP contribution is 2.35. The quantitative estimate of drug-likeness (QED) is 0.200. The number of esters is 1. The van der Waals surface area contributed by atoms with E-state index in [4.69, 9.17) is 15.5 Å². The summed E-state index contributed by atoms with van der Waals surface area (Å²) in [4.78, 5) is 95.8. The minimum atomic E-state index is -1.16. The molecule has 3 aromatic rings. The van der Waals surface area contributed by atoms with Crippen molar-refractivity contribution >= 4 is 58.6 Å². The van der Waals surface area contributed by atoms with Crippen molar-refractivity contribution in [3.8, 4) is 0 Å². The molecule has 2 unspecified atom stereocenters. The maximum absolute atomic E-state index is 13.8. The number of rotatable bonds is 11. The lowest BCUT2D eigenvalue weighted by atomic mass is 9.89. The summed E-state index contributed by atoms with van der Waals surface area (Å²) in [6.45, 7) is 10.8. The molecule has 0 saturated carbocycles. The molecular formula is C45H55N9O7. The molecule has 1 aromatic heterocycles. The largest absolute Gasteiger partial charge is 0.443 e. The number of primary amides is 1. The summed E-state index contributed by atoms with van der Waals surface area (Å²) in [6.07, 6.45) is 7.96. The minimum Gasteiger partial charge on any atom is -0.443 e. The van der Waals surface area contributed by atoms with E-state index < -0.39 is 53.7 Å². The number of ether oxygens (including phenoxy) is 1. The van der Waals surface area contributed by atoms with E-state index in [2.05, 4.69) is 37.1 Å². The lowest BCUT2D eigenvalue weighted by Gasteiger charge is -2.34. The Morgan fingerprint density at radius 1 is 0.852 bits per heavy atom. The van der Waals surface area contributed by atoms with Crippen LogP contribution in [0.5, 0.6) is 0 Å². The van der Waals surface area contributed by atoms with Crippen LogP contribution in [0.2, 0.25) is 0 Å². The Balaban J connectivity index is 0.829. The molecule has 5 aliphatic heterocycles. The molecule has 16 heteroatoms. The summed E-state index contributed by atoms with van der Waals surface area (Å²) < 4.78 is 5.24. The van der Waals surface area contributed by atoms with Crippen LogP contribution >= 0.6 is 0 Å². The Kier molecular flexibility index (Phi) is 11.8. The third-order valence-corrected chi connectivity index (χ3v) is 12.7. The fourth-order valence-electron chi connectivity index (χ4n) is 9.16. The Hall–Kier alpha value is -5.90. The van der Waals surface area contributed by atoms with Crippen molar-refractivity contribution in [1.82, 2.24) is 24.7 Å². The van der Waals surface area contributed by atoms with Crippen molar-refractivity contribution in [2.75, 3.05) is 67.7 Å². The van der Waals surface area contributed by atoms with Crippen LogP contribution in [0.25, 0.3) is 0 Å². The molecule has 8 rings (SSSR count). The maximum atomic E-state index is 13.8. The fourth-order valence-corrected chi connectivity index (χ4v) is 9.16. The average molecular weight is 834 g/mol. The summed E-state index contributed by atoms with van der Waals surface area (Å²) in [5, 5.41) is 3.31. The van der Waals surface area contributed by atoms with Crippen LogP contribution in [0, 0.1) is 11.3 Å². The lowest BCUT2D eigenvalue weighted by molar-refractivity contribution is -0.168. The maximum Gasteiger partial charge on any atom is 0.312 e. The molecule has 322 valence electrons. The molecule has 5 amide bonds. The van der Waals surface area contributed by atoms with Gasteiger partial charge in [0.1, 0.15) is 17.4 Å². The highest BCUT2D eigenvalue weighted by Gasteiger charge is 2.47. The number of imide groups is 2. The van der Waals surface area contributed by atoms with Crippen LogP contribution in [0.4, 0.5) is 23.1 Å². The molecule has 0 bridgehead atoms. The van der Waals surface area contributed by atoms with Gasteiger partial charge in [0.25, 0.3) is 23.6 Å². The number of nitrogens with two attached hydrogens (primary N) is 1. The normalized spacial score (nSPS) is 21.6. The number of benzene rings is 2. The number of carbonyl (C=O) groups is 6. The number of nitrogens with zero attached hydrogens (tertiary/aromatic N) is 7. The molecule has 4 saturated heterocycles. The van der Waals surface area contributed by atoms with Crippen LogP contribution in [0.15, 0.2) is 48.7 Å². The molecular weight excluding hydrogens is 779 g/mol. The Morgan fingerprint density at radius 2 is 1.57 bits per heavy atom. The highest BCUT2D eigenvalue weighted by molar-refractivity contribution is 6.23. The second kappa shape index (κ2) is 17.2. The van der Waals surface area contributed by atoms with E-state index in [-0.39, 0.29) is 29.5 Å². The monoisotopic (exact) mass is 833 g/mol. The van der Waals surface area contributed by atoms with Crippen LogP contribution in [-0.4, -0.2) is 119 Å². The predicted molar refractivity (Wildman–Crippen MR) is 227 cm³/mol. The van der Waals surface area contributed by atoms with Crippen molar-refractivity contribution in [3.63, 3.8) is 0 Å². The number of aromatic nitrogens is 2. The van der Waals surface area contributed by atoms with Gasteiger partial charge < -0.3 is 30.5 Å². The molecule has 0 aliphatic carbocycles. The standard InChI is InChI=1S/C45H55N9O7/c1-45(2,3)43(60)61-27-53-37(55)14-13-36(42(53)59)54-40(57)33-12-11-32(23-34(33)41(54)58)52-22-15-28(26-52)25-50-20-16-30(17-21-50)29-7-9-31(10-8-29)48-39-35(38(46)56)24-47-44(49-39)51-18-5-4-6-19-51/h7-12,23-24,28,30,36H,4-6,13-22,25-27H2,1-3H3,(H2,46,56)(H,47,48,49). The summed E-state index contributed by atoms with van der Waals surface area (Å²) in [6, 6.07) is 12.5. The number of likely N-dealkylation sites (tertiary alicyclic amines) is 2. The third kappa shape index (κ3) is 8.81. The average Bonchev–Trinajstić information content (AvgIpc) is 3.82. The number of anilines is 4. The molecule has 0 spiro atoms. The topological polar surface area (TPSA) is 192 Å². The van der Waals surface area contributed by atoms with Gasteiger partial charge in [-0.05, 0) is 127 Å². The van der Waals surface area contributed by atoms with Crippen molar-refractivity contribution in [3.05, 3.63) is 70.9 Å². The Labute approximate surface area is 355 Å². The van der Waals surface area contributed by atoms with Gasteiger partial charge in [-0.2, -0.15) is 4.98 Å². The first kappa shape index (κ1) is 41.8. The van der Waals surface area contributed by atoms with Crippen molar-refractivity contribution in [2.45, 2.75) is 84.1 Å². The van der Waals surface area contributed by atoms with E-state index >= 15 is 0 Å². The lowest BCUT2D eigenvalue weighted by Crippen LogP contribution is -2.56. The van der Waals surface area contributed by atoms with Gasteiger partial charge in [-0.25, -0.2) is 9.88 Å². The van der Waals surface area contributed by atoms with E-state index in [1.165, 1.54) is 18.2 Å². The van der Waals surface area contributed by atoms with Crippen LogP contribution in [0.1, 0.15) is 115 Å². The van der Waals surface area contributed by atoms with Gasteiger partial charge in [-0.3, -0.25) is 33.7 Å². The molecule has 2 atom stereocenters. The number of nitrogens with one attached hydrogen (secondary N) is 1. The number of piperidine rings is 3. The zero-order valence-corrected chi connectivity index (χ0v) is 35.2. The predicted octanol–water partition coefficient (Wildman–Crippen LogP) is 4.68. The summed E-state index contributed by atoms with van der Waals surface area (Å²) in [5.41, 5.74) is 8.55. The first-order valence-electron chi connectivity index (χ1n) is 21.5. The molecule has 16 nitrogen and oxygen atoms in total. The van der Waals surface area contributed by atoms with Crippen LogP contribution in [-0.2, 0) is 19.1 Å². The van der Waals surface area contributed by atoms with Crippen molar-refractivity contribution < 1.29 is 33.5 Å². The molecule has 4 fully saturated rings. The van der Waals surface area contributed by atoms with Gasteiger partial charge >= 0.3 is 5.97 Å². The van der Waals surface area contributed by atoms with Gasteiger partial charge in [-0.15, -0.1) is 0 Å². The highest BCUT2D eigenvalue weighted by atomic mass is 16.5. The summed E-state index contributed by atoms with van der Waals surface area (Å²) >= 11 is 0. The molecule has 3 N–H and O–H groups in total. The van der Waals surface area contributed by atoms with Crippen molar-refractivity contribution in [1.29, 1.82) is 0 Å². The number of amides is 5. The van der Waals surface area contributed by atoms with Gasteiger partial charge in [0.15, 0.2) is 6.73 Å². The van der Waals surface area contributed by atoms with E-state index in [9.17, 15) is 28.8 Å². The molecule has 61 heavy (non-hydrogen) atoms. The van der Waals surface area contributed by atoms with E-state index in [1.54, 1.807) is 32.9 Å². The summed E-state index contributed by atoms with van der Waals surface area (Å²) in [5.74, 6) is -1.61. The Morgan fingerprint density at radius 3 is 2.28 bits per heavy atom. The number of fused-ring (bicyclic) bond motifs is 1. The number of carbonyl (C=O) groups excluding carboxylic acids is 6. The minimum absolute atomic E-state index is 0.0135. The van der Waals surface area contributed by atoms with Gasteiger partial charge in [0.2, 0.25) is 11.9 Å². The molecule has 5 aliphatic rings. The fraction of sp³-hybridized carbons (Fsp3) is 0.511. The zero-order valence-electron chi connectivity index (χ0n) is 35.2. The van der Waals surface area contributed by atoms with E-state index in [0.717, 1.165) is 99.1 Å². The van der Waals surface area contributed by atoms with Gasteiger partial charge in [0, 0.05) is 56.7 Å². The summed E-state index contributed by atoms with van der Waals surface area (Å²) in [7, 11) is 0. The SMILES string of the molecule is CC(C)(C)C(=O)OCN1C(=O)CCC(N2C(=O)c3ccc(N4CCC(CN5CCC(c6ccc(Nc7nc(N8CCCCC8)ncc7C(N)=O)cc6)CC5)C4)cc3C2=O)C1=O. The first-order valence-corrected chi connectivity index (χ1v) is 21.5.